The Morgan fingerprint density at radius 3 is 2.58 bits per heavy atom. The van der Waals surface area contributed by atoms with Crippen LogP contribution in [0.1, 0.15) is 33.1 Å². The van der Waals surface area contributed by atoms with Gasteiger partial charge in [-0.05, 0) is 32.4 Å². The molecule has 26 heavy (non-hydrogen) atoms. The van der Waals surface area contributed by atoms with E-state index in [0.717, 1.165) is 22.5 Å². The molecule has 0 atom stereocenters. The number of benzene rings is 1. The Hall–Kier alpha value is -3.29. The first-order chi connectivity index (χ1) is 12.4. The van der Waals surface area contributed by atoms with Crippen molar-refractivity contribution in [2.24, 2.45) is 0 Å². The van der Waals surface area contributed by atoms with Crippen molar-refractivity contribution in [2.45, 2.75) is 27.3 Å². The van der Waals surface area contributed by atoms with Crippen molar-refractivity contribution in [3.05, 3.63) is 58.7 Å². The Morgan fingerprint density at radius 1 is 1.12 bits per heavy atom. The molecule has 0 saturated carbocycles. The summed E-state index contributed by atoms with van der Waals surface area (Å²) in [5.74, 6) is -0.971. The first-order valence-electron chi connectivity index (χ1n) is 8.13. The van der Waals surface area contributed by atoms with Crippen LogP contribution in [0.25, 0.3) is 5.78 Å². The molecule has 1 N–H and O–H groups in total. The Balaban J connectivity index is 1.55. The maximum Gasteiger partial charge on any atom is 0.378 e. The number of carbonyl (C=O) groups is 2. The van der Waals surface area contributed by atoms with Crippen LogP contribution in [0.4, 0.5) is 0 Å². The highest BCUT2D eigenvalue weighted by atomic mass is 16.5. The van der Waals surface area contributed by atoms with Crippen molar-refractivity contribution in [3.63, 3.8) is 0 Å². The van der Waals surface area contributed by atoms with Gasteiger partial charge in [0.05, 0.1) is 0 Å². The van der Waals surface area contributed by atoms with E-state index in [4.69, 9.17) is 4.74 Å². The fourth-order valence-electron chi connectivity index (χ4n) is 2.41. The van der Waals surface area contributed by atoms with Gasteiger partial charge in [-0.1, -0.05) is 29.8 Å². The Labute approximate surface area is 150 Å². The van der Waals surface area contributed by atoms with Gasteiger partial charge in [0.15, 0.2) is 6.61 Å². The maximum atomic E-state index is 12.1. The molecule has 8 heteroatoms. The minimum Gasteiger partial charge on any atom is -0.450 e. The third kappa shape index (κ3) is 4.02. The van der Waals surface area contributed by atoms with Crippen LogP contribution in [0.3, 0.4) is 0 Å². The number of carbonyl (C=O) groups excluding carboxylic acids is 2. The number of ether oxygens (including phenoxy) is 1. The molecule has 3 rings (SSSR count). The summed E-state index contributed by atoms with van der Waals surface area (Å²) < 4.78 is 6.44. The minimum atomic E-state index is -0.766. The van der Waals surface area contributed by atoms with E-state index in [1.807, 2.05) is 51.1 Å². The number of nitrogens with zero attached hydrogens (tertiary/aromatic N) is 4. The number of aromatic nitrogens is 4. The number of hydrogen-bond acceptors (Lipinski definition) is 6. The summed E-state index contributed by atoms with van der Waals surface area (Å²) in [6, 6.07) is 9.62. The molecule has 1 amide bonds. The van der Waals surface area contributed by atoms with Crippen LogP contribution in [0.5, 0.6) is 0 Å². The van der Waals surface area contributed by atoms with Crippen LogP contribution < -0.4 is 5.32 Å². The molecule has 0 aliphatic rings. The van der Waals surface area contributed by atoms with E-state index in [-0.39, 0.29) is 5.82 Å². The average Bonchev–Trinajstić information content (AvgIpc) is 3.03. The van der Waals surface area contributed by atoms with Crippen LogP contribution in [0.15, 0.2) is 30.3 Å². The Kier molecular flexibility index (Phi) is 4.92. The lowest BCUT2D eigenvalue weighted by Gasteiger charge is -2.06. The SMILES string of the molecule is Cc1ccc(CNC(=O)COC(=O)c2nc3nc(C)cc(C)n3n2)cc1. The molecule has 8 nitrogen and oxygen atoms in total. The number of rotatable bonds is 5. The lowest BCUT2D eigenvalue weighted by Crippen LogP contribution is -2.28. The van der Waals surface area contributed by atoms with E-state index in [1.165, 1.54) is 4.52 Å². The van der Waals surface area contributed by atoms with E-state index in [2.05, 4.69) is 20.4 Å². The second kappa shape index (κ2) is 7.30. The molecule has 0 aliphatic heterocycles. The molecular formula is C18H19N5O3. The van der Waals surface area contributed by atoms with Gasteiger partial charge in [0.25, 0.3) is 17.5 Å². The van der Waals surface area contributed by atoms with E-state index >= 15 is 0 Å². The largest absolute Gasteiger partial charge is 0.450 e. The summed E-state index contributed by atoms with van der Waals surface area (Å²) in [7, 11) is 0. The predicted molar refractivity (Wildman–Crippen MR) is 93.6 cm³/mol. The molecule has 0 saturated heterocycles. The van der Waals surface area contributed by atoms with Gasteiger partial charge in [-0.15, -0.1) is 5.10 Å². The van der Waals surface area contributed by atoms with Gasteiger partial charge in [0, 0.05) is 17.9 Å². The molecule has 0 aliphatic carbocycles. The van der Waals surface area contributed by atoms with Gasteiger partial charge in [-0.3, -0.25) is 4.79 Å². The van der Waals surface area contributed by atoms with Crippen molar-refractivity contribution in [1.29, 1.82) is 0 Å². The van der Waals surface area contributed by atoms with E-state index < -0.39 is 18.5 Å². The lowest BCUT2D eigenvalue weighted by atomic mass is 10.1. The zero-order valence-corrected chi connectivity index (χ0v) is 14.8. The number of hydrogen-bond donors (Lipinski definition) is 1. The summed E-state index contributed by atoms with van der Waals surface area (Å²) in [5, 5.41) is 6.76. The summed E-state index contributed by atoms with van der Waals surface area (Å²) in [4.78, 5) is 32.2. The zero-order chi connectivity index (χ0) is 18.7. The van der Waals surface area contributed by atoms with Crippen molar-refractivity contribution in [3.8, 4) is 0 Å². The Bertz CT molecular complexity index is 963. The van der Waals surface area contributed by atoms with Crippen molar-refractivity contribution in [2.75, 3.05) is 6.61 Å². The number of amides is 1. The van der Waals surface area contributed by atoms with Crippen LogP contribution in [-0.4, -0.2) is 38.1 Å². The third-order valence-electron chi connectivity index (χ3n) is 3.75. The van der Waals surface area contributed by atoms with Gasteiger partial charge in [-0.25, -0.2) is 14.3 Å². The molecule has 0 bridgehead atoms. The number of esters is 1. The molecule has 1 aromatic carbocycles. The highest BCUT2D eigenvalue weighted by molar-refractivity contribution is 5.88. The van der Waals surface area contributed by atoms with E-state index in [9.17, 15) is 9.59 Å². The van der Waals surface area contributed by atoms with Gasteiger partial charge in [0.1, 0.15) is 0 Å². The number of fused-ring (bicyclic) bond motifs is 1. The highest BCUT2D eigenvalue weighted by Gasteiger charge is 2.17. The second-order valence-electron chi connectivity index (χ2n) is 6.02. The highest BCUT2D eigenvalue weighted by Crippen LogP contribution is 2.06. The summed E-state index contributed by atoms with van der Waals surface area (Å²) in [5.41, 5.74) is 3.69. The molecular weight excluding hydrogens is 334 g/mol. The molecule has 0 spiro atoms. The van der Waals surface area contributed by atoms with Gasteiger partial charge in [0.2, 0.25) is 0 Å². The fourth-order valence-corrected chi connectivity index (χ4v) is 2.41. The fraction of sp³-hybridized carbons (Fsp3) is 0.278. The average molecular weight is 353 g/mol. The smallest absolute Gasteiger partial charge is 0.378 e. The Morgan fingerprint density at radius 2 is 1.85 bits per heavy atom. The molecule has 2 heterocycles. The molecule has 134 valence electrons. The zero-order valence-electron chi connectivity index (χ0n) is 14.8. The maximum absolute atomic E-state index is 12.1. The van der Waals surface area contributed by atoms with E-state index in [1.54, 1.807) is 0 Å². The van der Waals surface area contributed by atoms with Crippen LogP contribution >= 0.6 is 0 Å². The van der Waals surface area contributed by atoms with Crippen molar-refractivity contribution in [1.82, 2.24) is 24.9 Å². The molecule has 2 aromatic heterocycles. The molecule has 0 fully saturated rings. The van der Waals surface area contributed by atoms with Gasteiger partial charge in [-0.2, -0.15) is 4.98 Å². The first-order valence-corrected chi connectivity index (χ1v) is 8.13. The lowest BCUT2D eigenvalue weighted by molar-refractivity contribution is -0.124. The molecule has 0 radical (unpaired) electrons. The second-order valence-corrected chi connectivity index (χ2v) is 6.02. The van der Waals surface area contributed by atoms with Crippen molar-refractivity contribution >= 4 is 17.7 Å². The van der Waals surface area contributed by atoms with Crippen LogP contribution in [0.2, 0.25) is 0 Å². The first kappa shape index (κ1) is 17.5. The third-order valence-corrected chi connectivity index (χ3v) is 3.75. The minimum absolute atomic E-state index is 0.127. The summed E-state index contributed by atoms with van der Waals surface area (Å²) >= 11 is 0. The molecule has 0 unspecified atom stereocenters. The normalized spacial score (nSPS) is 10.7. The number of nitrogens with one attached hydrogen (secondary N) is 1. The van der Waals surface area contributed by atoms with Gasteiger partial charge >= 0.3 is 5.97 Å². The topological polar surface area (TPSA) is 98.5 Å². The monoisotopic (exact) mass is 353 g/mol. The van der Waals surface area contributed by atoms with Crippen LogP contribution in [-0.2, 0) is 16.1 Å². The molecule has 3 aromatic rings. The number of aryl methyl sites for hydroxylation is 3. The summed E-state index contributed by atoms with van der Waals surface area (Å²) in [6.07, 6.45) is 0. The van der Waals surface area contributed by atoms with Crippen molar-refractivity contribution < 1.29 is 14.3 Å². The predicted octanol–water partition coefficient (Wildman–Crippen LogP) is 1.52. The van der Waals surface area contributed by atoms with Crippen LogP contribution in [0, 0.1) is 20.8 Å². The van der Waals surface area contributed by atoms with Gasteiger partial charge < -0.3 is 10.1 Å². The quantitative estimate of drug-likeness (QED) is 0.699. The summed E-state index contributed by atoms with van der Waals surface area (Å²) in [6.45, 7) is 5.63. The standard InChI is InChI=1S/C18H19N5O3/c1-11-4-6-14(7-5-11)9-19-15(24)10-26-17(25)16-21-18-20-12(2)8-13(3)23(18)22-16/h4-8H,9-10H2,1-3H3,(H,19,24). The van der Waals surface area contributed by atoms with E-state index in [0.29, 0.717) is 12.3 Å².